The van der Waals surface area contributed by atoms with E-state index in [1.54, 1.807) is 0 Å². The molecule has 2 nitrogen and oxygen atoms in total. The molecular weight excluding hydrogens is 136 g/mol. The van der Waals surface area contributed by atoms with Gasteiger partial charge in [0.2, 0.25) is 0 Å². The molecule has 0 bridgehead atoms. The van der Waals surface area contributed by atoms with Crippen LogP contribution in [-0.4, -0.2) is 0 Å². The molecule has 0 aliphatic heterocycles. The van der Waals surface area contributed by atoms with Gasteiger partial charge in [0.15, 0.2) is 0 Å². The summed E-state index contributed by atoms with van der Waals surface area (Å²) in [5, 5.41) is 2.76. The van der Waals surface area contributed by atoms with E-state index in [-0.39, 0.29) is 0 Å². The van der Waals surface area contributed by atoms with Crippen LogP contribution in [0.5, 0.6) is 0 Å². The number of hydrogen-bond donors (Lipinski definition) is 2. The normalized spacial score (nSPS) is 8.64. The second-order valence-electron chi connectivity index (χ2n) is 2.24. The minimum absolute atomic E-state index is 0.668. The van der Waals surface area contributed by atoms with E-state index in [1.165, 1.54) is 0 Å². The molecule has 3 N–H and O–H groups in total. The highest BCUT2D eigenvalue weighted by atomic mass is 14.8. The molecule has 0 aromatic heterocycles. The van der Waals surface area contributed by atoms with Crippen molar-refractivity contribution in [3.05, 3.63) is 29.8 Å². The van der Waals surface area contributed by atoms with Gasteiger partial charge in [-0.15, -0.1) is 0 Å². The quantitative estimate of drug-likeness (QED) is 0.370. The van der Waals surface area contributed by atoms with E-state index >= 15 is 0 Å². The van der Waals surface area contributed by atoms with Crippen molar-refractivity contribution in [2.75, 3.05) is 5.73 Å². The standard InChI is InChI=1S/C9H10N2/c1-2-11-7-8-4-3-5-9(10)6-8/h1,3-6,11H,7,10H2. The molecule has 0 spiro atoms. The first-order chi connectivity index (χ1) is 5.33. The van der Waals surface area contributed by atoms with E-state index in [2.05, 4.69) is 11.4 Å². The van der Waals surface area contributed by atoms with E-state index in [0.717, 1.165) is 11.3 Å². The van der Waals surface area contributed by atoms with Crippen LogP contribution in [0.15, 0.2) is 24.3 Å². The summed E-state index contributed by atoms with van der Waals surface area (Å²) in [6.07, 6.45) is 5.02. The van der Waals surface area contributed by atoms with E-state index in [0.29, 0.717) is 6.54 Å². The molecule has 0 unspecified atom stereocenters. The number of nitrogens with two attached hydrogens (primary N) is 1. The van der Waals surface area contributed by atoms with Crippen molar-refractivity contribution in [1.29, 1.82) is 0 Å². The molecule has 0 heterocycles. The lowest BCUT2D eigenvalue weighted by Gasteiger charge is -1.99. The van der Waals surface area contributed by atoms with E-state index in [4.69, 9.17) is 12.2 Å². The van der Waals surface area contributed by atoms with E-state index in [9.17, 15) is 0 Å². The Hall–Kier alpha value is -1.62. The van der Waals surface area contributed by atoms with Crippen LogP contribution in [0.4, 0.5) is 5.69 Å². The van der Waals surface area contributed by atoms with Crippen molar-refractivity contribution >= 4 is 5.69 Å². The number of benzene rings is 1. The molecule has 56 valence electrons. The van der Waals surface area contributed by atoms with Crippen LogP contribution in [0.1, 0.15) is 5.56 Å². The molecule has 1 aromatic carbocycles. The Morgan fingerprint density at radius 1 is 1.55 bits per heavy atom. The highest BCUT2D eigenvalue weighted by Gasteiger charge is 1.89. The summed E-state index contributed by atoms with van der Waals surface area (Å²) in [7, 11) is 0. The summed E-state index contributed by atoms with van der Waals surface area (Å²) in [4.78, 5) is 0. The first kappa shape index (κ1) is 7.49. The highest BCUT2D eigenvalue weighted by Crippen LogP contribution is 2.05. The molecule has 1 rings (SSSR count). The molecule has 0 radical (unpaired) electrons. The number of nitrogens with one attached hydrogen (secondary N) is 1. The summed E-state index contributed by atoms with van der Waals surface area (Å²) in [6.45, 7) is 0.668. The number of hydrogen-bond acceptors (Lipinski definition) is 2. The van der Waals surface area contributed by atoms with Crippen LogP contribution in [0, 0.1) is 12.5 Å². The molecule has 0 aliphatic rings. The predicted molar refractivity (Wildman–Crippen MR) is 46.5 cm³/mol. The smallest absolute Gasteiger partial charge is 0.0480 e. The van der Waals surface area contributed by atoms with Gasteiger partial charge in [0.25, 0.3) is 0 Å². The lowest BCUT2D eigenvalue weighted by atomic mass is 10.2. The maximum atomic E-state index is 5.55. The summed E-state index contributed by atoms with van der Waals surface area (Å²) in [5.74, 6) is 0. The van der Waals surface area contributed by atoms with Gasteiger partial charge in [0.1, 0.15) is 0 Å². The van der Waals surface area contributed by atoms with Crippen LogP contribution >= 0.6 is 0 Å². The van der Waals surface area contributed by atoms with Gasteiger partial charge in [-0.2, -0.15) is 0 Å². The van der Waals surface area contributed by atoms with Gasteiger partial charge >= 0.3 is 0 Å². The zero-order valence-electron chi connectivity index (χ0n) is 6.17. The average Bonchev–Trinajstić information content (AvgIpc) is 2.01. The Labute approximate surface area is 66.4 Å². The van der Waals surface area contributed by atoms with Gasteiger partial charge in [0, 0.05) is 18.3 Å². The van der Waals surface area contributed by atoms with Crippen molar-refractivity contribution in [2.24, 2.45) is 0 Å². The second kappa shape index (κ2) is 3.52. The summed E-state index contributed by atoms with van der Waals surface area (Å²) in [5.41, 5.74) is 7.42. The van der Waals surface area contributed by atoms with Crippen LogP contribution < -0.4 is 11.1 Å². The largest absolute Gasteiger partial charge is 0.399 e. The number of anilines is 1. The lowest BCUT2D eigenvalue weighted by Crippen LogP contribution is -2.04. The SMILES string of the molecule is C#CNCc1cccc(N)c1. The fourth-order valence-electron chi connectivity index (χ4n) is 0.856. The van der Waals surface area contributed by atoms with Gasteiger partial charge in [-0.25, -0.2) is 0 Å². The van der Waals surface area contributed by atoms with E-state index in [1.807, 2.05) is 24.3 Å². The fourth-order valence-corrected chi connectivity index (χ4v) is 0.856. The van der Waals surface area contributed by atoms with Crippen molar-refractivity contribution in [1.82, 2.24) is 5.32 Å². The predicted octanol–water partition coefficient (Wildman–Crippen LogP) is 0.949. The third-order valence-corrected chi connectivity index (χ3v) is 1.35. The minimum atomic E-state index is 0.668. The molecule has 11 heavy (non-hydrogen) atoms. The fraction of sp³-hybridized carbons (Fsp3) is 0.111. The molecular formula is C9H10N2. The summed E-state index contributed by atoms with van der Waals surface area (Å²) >= 11 is 0. The van der Waals surface area contributed by atoms with Crippen LogP contribution in [0.3, 0.4) is 0 Å². The first-order valence-electron chi connectivity index (χ1n) is 3.36. The van der Waals surface area contributed by atoms with Crippen molar-refractivity contribution in [3.8, 4) is 12.5 Å². The van der Waals surface area contributed by atoms with Crippen molar-refractivity contribution < 1.29 is 0 Å². The maximum absolute atomic E-state index is 5.55. The molecule has 0 saturated heterocycles. The highest BCUT2D eigenvalue weighted by molar-refractivity contribution is 5.40. The van der Waals surface area contributed by atoms with E-state index < -0.39 is 0 Å². The van der Waals surface area contributed by atoms with Gasteiger partial charge in [-0.1, -0.05) is 18.6 Å². The Kier molecular flexibility index (Phi) is 2.40. The molecule has 2 heteroatoms. The second-order valence-corrected chi connectivity index (χ2v) is 2.24. The summed E-state index contributed by atoms with van der Waals surface area (Å²) in [6, 6.07) is 9.96. The third kappa shape index (κ3) is 2.23. The van der Waals surface area contributed by atoms with Gasteiger partial charge in [-0.3, -0.25) is 0 Å². The van der Waals surface area contributed by atoms with Crippen LogP contribution in [-0.2, 0) is 6.54 Å². The monoisotopic (exact) mass is 146 g/mol. The molecule has 1 aromatic rings. The van der Waals surface area contributed by atoms with Crippen molar-refractivity contribution in [3.63, 3.8) is 0 Å². The average molecular weight is 146 g/mol. The van der Waals surface area contributed by atoms with Crippen LogP contribution in [0.2, 0.25) is 0 Å². The molecule has 0 aliphatic carbocycles. The lowest BCUT2D eigenvalue weighted by molar-refractivity contribution is 0.901. The Morgan fingerprint density at radius 3 is 3.00 bits per heavy atom. The Bertz CT molecular complexity index is 273. The molecule has 0 saturated carbocycles. The zero-order valence-corrected chi connectivity index (χ0v) is 6.17. The maximum Gasteiger partial charge on any atom is 0.0480 e. The number of rotatable bonds is 2. The van der Waals surface area contributed by atoms with Gasteiger partial charge in [0.05, 0.1) is 0 Å². The summed E-state index contributed by atoms with van der Waals surface area (Å²) < 4.78 is 0. The zero-order chi connectivity index (χ0) is 8.10. The number of terminal acetylenes is 1. The molecule has 0 amide bonds. The number of nitrogen functional groups attached to an aromatic ring is 1. The van der Waals surface area contributed by atoms with Gasteiger partial charge in [-0.05, 0) is 17.7 Å². The van der Waals surface area contributed by atoms with Gasteiger partial charge < -0.3 is 11.1 Å². The first-order valence-corrected chi connectivity index (χ1v) is 3.36. The van der Waals surface area contributed by atoms with Crippen LogP contribution in [0.25, 0.3) is 0 Å². The Balaban J connectivity index is 2.65. The topological polar surface area (TPSA) is 38.0 Å². The molecule has 0 atom stereocenters. The Morgan fingerprint density at radius 2 is 2.36 bits per heavy atom. The minimum Gasteiger partial charge on any atom is -0.399 e. The van der Waals surface area contributed by atoms with Crippen molar-refractivity contribution in [2.45, 2.75) is 6.54 Å². The third-order valence-electron chi connectivity index (χ3n) is 1.35. The molecule has 0 fully saturated rings.